The Labute approximate surface area is 244 Å². The maximum Gasteiger partial charge on any atom is 0.226 e. The molecule has 1 saturated carbocycles. The molecule has 8 heteroatoms. The van der Waals surface area contributed by atoms with Crippen molar-refractivity contribution in [3.63, 3.8) is 0 Å². The lowest BCUT2D eigenvalue weighted by Crippen LogP contribution is -2.40. The van der Waals surface area contributed by atoms with Gasteiger partial charge in [0.2, 0.25) is 5.91 Å². The molecule has 4 aromatic rings. The molecule has 3 atom stereocenters. The second-order valence-electron chi connectivity index (χ2n) is 11.2. The van der Waals surface area contributed by atoms with E-state index in [1.54, 1.807) is 36.2 Å². The number of furan rings is 1. The number of carbonyl (C=O) groups is 1. The van der Waals surface area contributed by atoms with Crippen LogP contribution in [0.15, 0.2) is 65.1 Å². The van der Waals surface area contributed by atoms with Crippen LogP contribution in [0.5, 0.6) is 0 Å². The van der Waals surface area contributed by atoms with E-state index in [0.29, 0.717) is 13.1 Å². The number of piperidine rings is 1. The molecule has 2 fully saturated rings. The fraction of sp³-hybridized carbons (Fsp3) is 0.364. The number of rotatable bonds is 8. The number of hydrogen-bond acceptors (Lipinski definition) is 5. The first-order valence-electron chi connectivity index (χ1n) is 14.2. The van der Waals surface area contributed by atoms with E-state index in [-0.39, 0.29) is 35.3 Å². The number of fused-ring (bicyclic) bond motifs is 1. The smallest absolute Gasteiger partial charge is 0.226 e. The molecule has 5 nitrogen and oxygen atoms in total. The van der Waals surface area contributed by atoms with Gasteiger partial charge in [0.1, 0.15) is 23.0 Å². The molecule has 1 amide bonds. The lowest BCUT2D eigenvalue weighted by molar-refractivity contribution is -0.133. The van der Waals surface area contributed by atoms with Crippen LogP contribution in [0.25, 0.3) is 22.3 Å². The number of anilines is 1. The molecule has 1 N–H and O–H groups in total. The summed E-state index contributed by atoms with van der Waals surface area (Å²) in [5.74, 6) is 0.767. The van der Waals surface area contributed by atoms with Crippen LogP contribution in [0, 0.1) is 17.6 Å². The van der Waals surface area contributed by atoms with Gasteiger partial charge in [0.25, 0.3) is 0 Å². The van der Waals surface area contributed by atoms with Crippen LogP contribution in [0.3, 0.4) is 0 Å². The quantitative estimate of drug-likeness (QED) is 0.223. The zero-order valence-corrected chi connectivity index (χ0v) is 24.4. The largest absolute Gasteiger partial charge is 0.456 e. The van der Waals surface area contributed by atoms with E-state index in [0.717, 1.165) is 64.9 Å². The zero-order valence-electron chi connectivity index (χ0n) is 23.6. The molecule has 1 aliphatic heterocycles. The van der Waals surface area contributed by atoms with Crippen molar-refractivity contribution in [1.82, 2.24) is 10.2 Å². The molecule has 1 aromatic heterocycles. The van der Waals surface area contributed by atoms with Crippen LogP contribution >= 0.6 is 11.9 Å². The summed E-state index contributed by atoms with van der Waals surface area (Å²) in [7, 11) is 3.96. The van der Waals surface area contributed by atoms with Crippen LogP contribution in [0.4, 0.5) is 14.5 Å². The van der Waals surface area contributed by atoms with Gasteiger partial charge in [0.05, 0.1) is 5.69 Å². The highest BCUT2D eigenvalue weighted by molar-refractivity contribution is 7.99. The Morgan fingerprint density at radius 2 is 1.80 bits per heavy atom. The number of carbonyl (C=O) groups excluding carboxylic acids is 1. The molecule has 0 radical (unpaired) electrons. The highest BCUT2D eigenvalue weighted by atomic mass is 32.2. The molecular weight excluding hydrogens is 540 g/mol. The third kappa shape index (κ3) is 5.47. The number of nitrogens with one attached hydrogen (secondary N) is 1. The standard InChI is InChI=1S/C33H35F2N3O2S/c1-36-18-29-27-16-26(30(37(2)41-3)17-31(27)40-32(29)21-8-12-24(35)13-9-21)22-5-4-14-38(19-22)33(39)28-15-25(28)20-6-10-23(34)11-7-20/h6-13,16-17,22,25,28,36H,4-5,14-15,18-19H2,1-3H3. The highest BCUT2D eigenvalue weighted by Gasteiger charge is 2.46. The summed E-state index contributed by atoms with van der Waals surface area (Å²) < 4.78 is 35.6. The summed E-state index contributed by atoms with van der Waals surface area (Å²) in [6.07, 6.45) is 4.82. The molecule has 1 aliphatic carbocycles. The average Bonchev–Trinajstić information content (AvgIpc) is 3.72. The third-order valence-corrected chi connectivity index (χ3v) is 9.34. The molecule has 3 unspecified atom stereocenters. The first-order valence-corrected chi connectivity index (χ1v) is 15.4. The van der Waals surface area contributed by atoms with Crippen molar-refractivity contribution in [3.05, 3.63) is 89.0 Å². The van der Waals surface area contributed by atoms with Crippen LogP contribution in [0.2, 0.25) is 0 Å². The van der Waals surface area contributed by atoms with E-state index in [2.05, 4.69) is 28.8 Å². The highest BCUT2D eigenvalue weighted by Crippen LogP contribution is 2.49. The first-order chi connectivity index (χ1) is 19.9. The number of amides is 1. The Bertz CT molecular complexity index is 1550. The van der Waals surface area contributed by atoms with E-state index < -0.39 is 0 Å². The number of nitrogens with zero attached hydrogens (tertiary/aromatic N) is 2. The minimum Gasteiger partial charge on any atom is -0.456 e. The van der Waals surface area contributed by atoms with Crippen molar-refractivity contribution in [3.8, 4) is 11.3 Å². The van der Waals surface area contributed by atoms with Crippen LogP contribution in [0.1, 0.15) is 47.8 Å². The molecule has 2 aliphatic rings. The lowest BCUT2D eigenvalue weighted by Gasteiger charge is -2.35. The fourth-order valence-electron chi connectivity index (χ4n) is 6.30. The topological polar surface area (TPSA) is 48.7 Å². The molecule has 6 rings (SSSR count). The van der Waals surface area contributed by atoms with Gasteiger partial charge in [-0.25, -0.2) is 8.78 Å². The van der Waals surface area contributed by atoms with Crippen molar-refractivity contribution in [2.75, 3.05) is 37.7 Å². The monoisotopic (exact) mass is 575 g/mol. The summed E-state index contributed by atoms with van der Waals surface area (Å²) in [5, 5.41) is 4.31. The minimum atomic E-state index is -0.280. The molecule has 214 valence electrons. The maximum atomic E-state index is 13.7. The number of likely N-dealkylation sites (tertiary alicyclic amines) is 1. The van der Waals surface area contributed by atoms with Gasteiger partial charge >= 0.3 is 0 Å². The zero-order chi connectivity index (χ0) is 28.7. The van der Waals surface area contributed by atoms with Gasteiger partial charge in [-0.05, 0) is 85.8 Å². The summed E-state index contributed by atoms with van der Waals surface area (Å²) in [5.41, 5.74) is 6.00. The summed E-state index contributed by atoms with van der Waals surface area (Å²) in [4.78, 5) is 15.6. The van der Waals surface area contributed by atoms with Gasteiger partial charge in [0.15, 0.2) is 0 Å². The number of benzene rings is 3. The van der Waals surface area contributed by atoms with Crippen molar-refractivity contribution >= 4 is 34.5 Å². The summed E-state index contributed by atoms with van der Waals surface area (Å²) in [6.45, 7) is 2.05. The van der Waals surface area contributed by atoms with E-state index >= 15 is 0 Å². The lowest BCUT2D eigenvalue weighted by atomic mass is 9.88. The van der Waals surface area contributed by atoms with E-state index in [9.17, 15) is 13.6 Å². The molecular formula is C33H35F2N3O2S. The third-order valence-electron chi connectivity index (χ3n) is 8.59. The Balaban J connectivity index is 1.32. The maximum absolute atomic E-state index is 13.7. The van der Waals surface area contributed by atoms with E-state index in [4.69, 9.17) is 4.42 Å². The normalized spacial score (nSPS) is 20.4. The van der Waals surface area contributed by atoms with Gasteiger partial charge in [-0.2, -0.15) is 0 Å². The molecule has 3 aromatic carbocycles. The van der Waals surface area contributed by atoms with Crippen LogP contribution in [-0.2, 0) is 11.3 Å². The molecule has 0 spiro atoms. The van der Waals surface area contributed by atoms with Crippen molar-refractivity contribution in [2.45, 2.75) is 37.6 Å². The summed E-state index contributed by atoms with van der Waals surface area (Å²) >= 11 is 1.64. The van der Waals surface area contributed by atoms with Crippen LogP contribution in [-0.4, -0.2) is 44.2 Å². The van der Waals surface area contributed by atoms with E-state index in [1.165, 1.54) is 29.8 Å². The van der Waals surface area contributed by atoms with Crippen LogP contribution < -0.4 is 9.62 Å². The Morgan fingerprint density at radius 3 is 2.49 bits per heavy atom. The summed E-state index contributed by atoms with van der Waals surface area (Å²) in [6, 6.07) is 17.3. The van der Waals surface area contributed by atoms with Gasteiger partial charge in [-0.3, -0.25) is 4.79 Å². The van der Waals surface area contributed by atoms with Gasteiger partial charge in [0, 0.05) is 67.4 Å². The van der Waals surface area contributed by atoms with Crippen molar-refractivity contribution in [2.24, 2.45) is 5.92 Å². The second-order valence-corrected chi connectivity index (χ2v) is 12.1. The van der Waals surface area contributed by atoms with Crippen molar-refractivity contribution in [1.29, 1.82) is 0 Å². The Morgan fingerprint density at radius 1 is 1.10 bits per heavy atom. The van der Waals surface area contributed by atoms with Gasteiger partial charge < -0.3 is 18.9 Å². The average molecular weight is 576 g/mol. The SMILES string of the molecule is CNCc1c(-c2ccc(F)cc2)oc2cc(N(C)SC)c(C3CCCN(C(=O)C4CC4c4ccc(F)cc4)C3)cc12. The number of hydrogen-bond donors (Lipinski definition) is 1. The van der Waals surface area contributed by atoms with Gasteiger partial charge in [-0.1, -0.05) is 24.1 Å². The fourth-order valence-corrected chi connectivity index (χ4v) is 6.65. The van der Waals surface area contributed by atoms with Crippen molar-refractivity contribution < 1.29 is 18.0 Å². The van der Waals surface area contributed by atoms with E-state index in [1.807, 2.05) is 18.2 Å². The second kappa shape index (κ2) is 11.5. The molecule has 41 heavy (non-hydrogen) atoms. The molecule has 1 saturated heterocycles. The number of halogens is 2. The van der Waals surface area contributed by atoms with Gasteiger partial charge in [-0.15, -0.1) is 0 Å². The molecule has 0 bridgehead atoms. The minimum absolute atomic E-state index is 0.0237. The molecule has 2 heterocycles. The first kappa shape index (κ1) is 27.8. The Hall–Kier alpha value is -3.36. The Kier molecular flexibility index (Phi) is 7.79. The predicted octanol–water partition coefficient (Wildman–Crippen LogP) is 7.32. The predicted molar refractivity (Wildman–Crippen MR) is 162 cm³/mol.